The summed E-state index contributed by atoms with van der Waals surface area (Å²) in [6.07, 6.45) is 3.87. The molecular formula is C16H16Cl2N2O4S. The summed E-state index contributed by atoms with van der Waals surface area (Å²) in [4.78, 5) is 11.9. The van der Waals surface area contributed by atoms with Gasteiger partial charge in [-0.05, 0) is 36.4 Å². The average Bonchev–Trinajstić information content (AvgIpc) is 2.95. The molecule has 1 heterocycles. The van der Waals surface area contributed by atoms with Crippen LogP contribution in [-0.2, 0) is 21.4 Å². The van der Waals surface area contributed by atoms with Gasteiger partial charge in [-0.25, -0.2) is 8.42 Å². The van der Waals surface area contributed by atoms with Crippen molar-refractivity contribution in [3.63, 3.8) is 0 Å². The number of amides is 1. The van der Waals surface area contributed by atoms with Crippen molar-refractivity contribution in [2.24, 2.45) is 0 Å². The van der Waals surface area contributed by atoms with Gasteiger partial charge in [0.05, 0.1) is 23.5 Å². The topological polar surface area (TPSA) is 79.6 Å². The molecule has 1 aromatic heterocycles. The number of sulfonamides is 1. The first kappa shape index (κ1) is 19.5. The Hall–Kier alpha value is -1.80. The molecule has 2 rings (SSSR count). The van der Waals surface area contributed by atoms with Crippen LogP contribution in [0.3, 0.4) is 0 Å². The summed E-state index contributed by atoms with van der Waals surface area (Å²) in [6, 6.07) is 8.03. The lowest BCUT2D eigenvalue weighted by Crippen LogP contribution is -2.24. The van der Waals surface area contributed by atoms with E-state index in [1.54, 1.807) is 24.3 Å². The molecule has 1 aromatic carbocycles. The van der Waals surface area contributed by atoms with Crippen molar-refractivity contribution in [1.29, 1.82) is 0 Å². The minimum Gasteiger partial charge on any atom is -0.460 e. The zero-order valence-corrected chi connectivity index (χ0v) is 15.8. The van der Waals surface area contributed by atoms with Gasteiger partial charge in [0, 0.05) is 18.1 Å². The van der Waals surface area contributed by atoms with Crippen molar-refractivity contribution >= 4 is 50.9 Å². The van der Waals surface area contributed by atoms with E-state index >= 15 is 0 Å². The minimum atomic E-state index is -3.29. The average molecular weight is 403 g/mol. The van der Waals surface area contributed by atoms with Crippen LogP contribution < -0.4 is 5.32 Å². The first-order chi connectivity index (χ1) is 11.6. The molecule has 0 spiro atoms. The number of nitrogens with zero attached hydrogens (tertiary/aromatic N) is 1. The van der Waals surface area contributed by atoms with Crippen LogP contribution in [0.25, 0.3) is 6.08 Å². The van der Waals surface area contributed by atoms with Crippen LogP contribution in [0.2, 0.25) is 10.0 Å². The molecule has 0 aliphatic carbocycles. The second kappa shape index (κ2) is 8.05. The van der Waals surface area contributed by atoms with Gasteiger partial charge in [-0.2, -0.15) is 4.31 Å². The zero-order valence-electron chi connectivity index (χ0n) is 13.5. The van der Waals surface area contributed by atoms with E-state index in [0.717, 1.165) is 10.6 Å². The van der Waals surface area contributed by atoms with Gasteiger partial charge in [0.1, 0.15) is 11.5 Å². The Labute approximate surface area is 156 Å². The van der Waals surface area contributed by atoms with E-state index in [1.807, 2.05) is 0 Å². The number of halogens is 2. The summed E-state index contributed by atoms with van der Waals surface area (Å²) >= 11 is 11.8. The van der Waals surface area contributed by atoms with Crippen molar-refractivity contribution in [2.45, 2.75) is 6.54 Å². The number of nitrogens with one attached hydrogen (secondary N) is 1. The maximum Gasteiger partial charge on any atom is 0.248 e. The monoisotopic (exact) mass is 402 g/mol. The van der Waals surface area contributed by atoms with Crippen LogP contribution in [0.1, 0.15) is 11.5 Å². The molecule has 0 atom stereocenters. The molecule has 6 nitrogen and oxygen atoms in total. The molecule has 134 valence electrons. The molecule has 0 bridgehead atoms. The number of carbonyl (C=O) groups is 1. The summed E-state index contributed by atoms with van der Waals surface area (Å²) < 4.78 is 29.4. The molecule has 0 unspecified atom stereocenters. The highest BCUT2D eigenvalue weighted by atomic mass is 35.5. The van der Waals surface area contributed by atoms with Gasteiger partial charge < -0.3 is 9.73 Å². The maximum absolute atomic E-state index is 11.9. The van der Waals surface area contributed by atoms with Crippen LogP contribution in [0.4, 0.5) is 5.69 Å². The van der Waals surface area contributed by atoms with Crippen molar-refractivity contribution in [3.8, 4) is 0 Å². The van der Waals surface area contributed by atoms with Gasteiger partial charge in [-0.15, -0.1) is 0 Å². The van der Waals surface area contributed by atoms with Crippen molar-refractivity contribution in [1.82, 2.24) is 4.31 Å². The number of anilines is 1. The summed E-state index contributed by atoms with van der Waals surface area (Å²) in [5, 5.41) is 3.43. The van der Waals surface area contributed by atoms with Gasteiger partial charge in [-0.1, -0.05) is 23.2 Å². The highest BCUT2D eigenvalue weighted by Gasteiger charge is 2.13. The molecular weight excluding hydrogens is 387 g/mol. The Kier molecular flexibility index (Phi) is 6.29. The van der Waals surface area contributed by atoms with Gasteiger partial charge in [0.2, 0.25) is 15.9 Å². The summed E-state index contributed by atoms with van der Waals surface area (Å²) in [7, 11) is -1.83. The van der Waals surface area contributed by atoms with Crippen LogP contribution >= 0.6 is 23.2 Å². The first-order valence-corrected chi connectivity index (χ1v) is 9.70. The van der Waals surface area contributed by atoms with Crippen LogP contribution in [0.5, 0.6) is 0 Å². The molecule has 0 saturated heterocycles. The highest BCUT2D eigenvalue weighted by molar-refractivity contribution is 7.88. The standard InChI is InChI=1S/C16H16Cl2N2O4S/c1-20(25(2,22)23)10-13-5-4-12(24-13)6-8-16(21)19-15-7-3-11(17)9-14(15)18/h3-9H,10H2,1-2H3,(H,19,21)/b8-6+. The molecule has 0 aliphatic heterocycles. The van der Waals surface area contributed by atoms with Gasteiger partial charge in [0.15, 0.2) is 0 Å². The van der Waals surface area contributed by atoms with Gasteiger partial charge >= 0.3 is 0 Å². The third kappa shape index (κ3) is 5.89. The molecule has 0 fully saturated rings. The lowest BCUT2D eigenvalue weighted by atomic mass is 10.3. The predicted octanol–water partition coefficient (Wildman–Crippen LogP) is 3.63. The highest BCUT2D eigenvalue weighted by Crippen LogP contribution is 2.25. The van der Waals surface area contributed by atoms with Crippen molar-refractivity contribution in [2.75, 3.05) is 18.6 Å². The van der Waals surface area contributed by atoms with E-state index in [0.29, 0.717) is 27.3 Å². The molecule has 2 aromatic rings. The zero-order chi connectivity index (χ0) is 18.6. The van der Waals surface area contributed by atoms with Crippen molar-refractivity contribution < 1.29 is 17.6 Å². The molecule has 1 amide bonds. The second-order valence-corrected chi connectivity index (χ2v) is 8.20. The van der Waals surface area contributed by atoms with Gasteiger partial charge in [0.25, 0.3) is 0 Å². The maximum atomic E-state index is 11.9. The molecule has 0 radical (unpaired) electrons. The second-order valence-electron chi connectivity index (χ2n) is 5.27. The summed E-state index contributed by atoms with van der Waals surface area (Å²) in [6.45, 7) is 0.110. The van der Waals surface area contributed by atoms with Gasteiger partial charge in [-0.3, -0.25) is 4.79 Å². The SMILES string of the molecule is CN(Cc1ccc(/C=C/C(=O)Nc2ccc(Cl)cc2Cl)o1)S(C)(=O)=O. The fourth-order valence-electron chi connectivity index (χ4n) is 1.83. The first-order valence-electron chi connectivity index (χ1n) is 7.09. The van der Waals surface area contributed by atoms with E-state index in [1.165, 1.54) is 25.3 Å². The third-order valence-corrected chi connectivity index (χ3v) is 5.02. The molecule has 1 N–H and O–H groups in total. The molecule has 0 aliphatic rings. The Bertz CT molecular complexity index is 907. The lowest BCUT2D eigenvalue weighted by molar-refractivity contribution is -0.111. The summed E-state index contributed by atoms with van der Waals surface area (Å²) in [5.74, 6) is 0.499. The number of benzene rings is 1. The van der Waals surface area contributed by atoms with Crippen LogP contribution in [-0.4, -0.2) is 31.9 Å². The molecule has 0 saturated carbocycles. The fourth-order valence-corrected chi connectivity index (χ4v) is 2.65. The number of rotatable bonds is 6. The Morgan fingerprint density at radius 1 is 1.28 bits per heavy atom. The number of hydrogen-bond acceptors (Lipinski definition) is 4. The van der Waals surface area contributed by atoms with E-state index in [-0.39, 0.29) is 6.54 Å². The minimum absolute atomic E-state index is 0.110. The number of carbonyl (C=O) groups excluding carboxylic acids is 1. The smallest absolute Gasteiger partial charge is 0.248 e. The predicted molar refractivity (Wildman–Crippen MR) is 99.1 cm³/mol. The summed E-state index contributed by atoms with van der Waals surface area (Å²) in [5.41, 5.74) is 0.440. The lowest BCUT2D eigenvalue weighted by Gasteiger charge is -2.11. The third-order valence-electron chi connectivity index (χ3n) is 3.22. The van der Waals surface area contributed by atoms with Crippen LogP contribution in [0.15, 0.2) is 40.8 Å². The molecule has 25 heavy (non-hydrogen) atoms. The largest absolute Gasteiger partial charge is 0.460 e. The van der Waals surface area contributed by atoms with E-state index < -0.39 is 15.9 Å². The fraction of sp³-hybridized carbons (Fsp3) is 0.188. The quantitative estimate of drug-likeness (QED) is 0.747. The van der Waals surface area contributed by atoms with Crippen LogP contribution in [0, 0.1) is 0 Å². The van der Waals surface area contributed by atoms with Crippen molar-refractivity contribution in [3.05, 3.63) is 58.0 Å². The van der Waals surface area contributed by atoms with E-state index in [9.17, 15) is 13.2 Å². The number of furan rings is 1. The van der Waals surface area contributed by atoms with E-state index in [2.05, 4.69) is 5.32 Å². The van der Waals surface area contributed by atoms with E-state index in [4.69, 9.17) is 27.6 Å². The Balaban J connectivity index is 1.98. The number of hydrogen-bond donors (Lipinski definition) is 1. The molecule has 9 heteroatoms. The Morgan fingerprint density at radius 2 is 2.00 bits per heavy atom. The Morgan fingerprint density at radius 3 is 2.64 bits per heavy atom. The normalized spacial score (nSPS) is 12.0.